The number of nitrogens with zero attached hydrogens (tertiary/aromatic N) is 1. The number of nitrogens with one attached hydrogen (secondary N) is 3. The van der Waals surface area contributed by atoms with Gasteiger partial charge in [-0.3, -0.25) is 4.79 Å². The van der Waals surface area contributed by atoms with E-state index >= 15 is 0 Å². The zero-order chi connectivity index (χ0) is 21.1. The van der Waals surface area contributed by atoms with Crippen molar-refractivity contribution in [3.8, 4) is 5.75 Å². The normalized spacial score (nSPS) is 11.1. The zero-order valence-corrected chi connectivity index (χ0v) is 17.8. The average Bonchev–Trinajstić information content (AvgIpc) is 2.71. The third-order valence-corrected chi connectivity index (χ3v) is 4.34. The van der Waals surface area contributed by atoms with Gasteiger partial charge >= 0.3 is 0 Å². The Morgan fingerprint density at radius 3 is 2.66 bits per heavy atom. The van der Waals surface area contributed by atoms with E-state index in [-0.39, 0.29) is 5.91 Å². The lowest BCUT2D eigenvalue weighted by Crippen LogP contribution is -2.36. The molecule has 0 bridgehead atoms. The van der Waals surface area contributed by atoms with Crippen LogP contribution in [-0.2, 0) is 17.9 Å². The van der Waals surface area contributed by atoms with Gasteiger partial charge in [0.25, 0.3) is 0 Å². The predicted octanol–water partition coefficient (Wildman–Crippen LogP) is 4.00. The minimum Gasteiger partial charge on any atom is -0.496 e. The van der Waals surface area contributed by atoms with Gasteiger partial charge in [0.15, 0.2) is 5.96 Å². The molecule has 0 aliphatic rings. The van der Waals surface area contributed by atoms with Gasteiger partial charge in [0.2, 0.25) is 5.91 Å². The number of hydrogen-bond donors (Lipinski definition) is 3. The minimum absolute atomic E-state index is 0.0372. The number of aliphatic imine (C=N–C) groups is 1. The molecule has 0 radical (unpaired) electrons. The van der Waals surface area contributed by atoms with E-state index in [1.165, 1.54) is 0 Å². The smallest absolute Gasteiger partial charge is 0.224 e. The van der Waals surface area contributed by atoms with Gasteiger partial charge in [-0.1, -0.05) is 31.2 Å². The molecule has 0 saturated heterocycles. The maximum Gasteiger partial charge on any atom is 0.224 e. The molecule has 156 valence electrons. The standard InChI is InChI=1S/C23H32N4O2/c1-5-8-22(28)27-20-10-7-9-18(14-20)15-25-23(24-6-2)26-16-19-12-11-17(3)13-21(19)29-4/h7,9-14H,5-6,8,15-16H2,1-4H3,(H,27,28)(H2,24,25,26). The van der Waals surface area contributed by atoms with E-state index in [4.69, 9.17) is 4.74 Å². The van der Waals surface area contributed by atoms with Crippen LogP contribution in [0.15, 0.2) is 47.5 Å². The molecule has 0 fully saturated rings. The molecule has 2 rings (SSSR count). The Morgan fingerprint density at radius 1 is 1.10 bits per heavy atom. The molecule has 29 heavy (non-hydrogen) atoms. The number of guanidine groups is 1. The lowest BCUT2D eigenvalue weighted by atomic mass is 10.1. The molecular formula is C23H32N4O2. The quantitative estimate of drug-likeness (QED) is 0.442. The number of amides is 1. The fourth-order valence-corrected chi connectivity index (χ4v) is 2.89. The predicted molar refractivity (Wildman–Crippen MR) is 119 cm³/mol. The largest absolute Gasteiger partial charge is 0.496 e. The average molecular weight is 397 g/mol. The number of anilines is 1. The van der Waals surface area contributed by atoms with E-state index in [1.54, 1.807) is 7.11 Å². The molecule has 1 amide bonds. The second kappa shape index (κ2) is 11.7. The number of benzene rings is 2. The van der Waals surface area contributed by atoms with Crippen LogP contribution < -0.4 is 20.7 Å². The Hall–Kier alpha value is -3.02. The summed E-state index contributed by atoms with van der Waals surface area (Å²) < 4.78 is 5.48. The van der Waals surface area contributed by atoms with E-state index in [2.05, 4.69) is 33.1 Å². The molecule has 0 spiro atoms. The van der Waals surface area contributed by atoms with E-state index in [0.717, 1.165) is 47.1 Å². The Bertz CT molecular complexity index is 833. The number of carbonyl (C=O) groups excluding carboxylic acids is 1. The van der Waals surface area contributed by atoms with Crippen LogP contribution in [0.2, 0.25) is 0 Å². The summed E-state index contributed by atoms with van der Waals surface area (Å²) in [6.07, 6.45) is 1.36. The highest BCUT2D eigenvalue weighted by atomic mass is 16.5. The number of aryl methyl sites for hydroxylation is 1. The number of hydrogen-bond acceptors (Lipinski definition) is 3. The number of rotatable bonds is 9. The van der Waals surface area contributed by atoms with Crippen molar-refractivity contribution in [3.05, 3.63) is 59.2 Å². The number of ether oxygens (including phenoxy) is 1. The van der Waals surface area contributed by atoms with Crippen LogP contribution in [0.3, 0.4) is 0 Å². The van der Waals surface area contributed by atoms with Gasteiger partial charge in [-0.15, -0.1) is 0 Å². The van der Waals surface area contributed by atoms with Crippen molar-refractivity contribution in [2.45, 2.75) is 46.7 Å². The van der Waals surface area contributed by atoms with Crippen LogP contribution in [0.1, 0.15) is 43.4 Å². The Kier molecular flexibility index (Phi) is 9.02. The summed E-state index contributed by atoms with van der Waals surface area (Å²) in [5, 5.41) is 9.55. The monoisotopic (exact) mass is 396 g/mol. The van der Waals surface area contributed by atoms with E-state index < -0.39 is 0 Å². The molecule has 0 heterocycles. The third kappa shape index (κ3) is 7.49. The Morgan fingerprint density at radius 2 is 1.93 bits per heavy atom. The summed E-state index contributed by atoms with van der Waals surface area (Å²) in [6.45, 7) is 7.97. The summed E-state index contributed by atoms with van der Waals surface area (Å²) >= 11 is 0. The van der Waals surface area contributed by atoms with Gasteiger partial charge in [0.05, 0.1) is 13.7 Å². The van der Waals surface area contributed by atoms with Crippen molar-refractivity contribution in [3.63, 3.8) is 0 Å². The first-order valence-electron chi connectivity index (χ1n) is 10.1. The lowest BCUT2D eigenvalue weighted by Gasteiger charge is -2.14. The van der Waals surface area contributed by atoms with Gasteiger partial charge in [-0.05, 0) is 49.6 Å². The fourth-order valence-electron chi connectivity index (χ4n) is 2.89. The molecule has 3 N–H and O–H groups in total. The number of carbonyl (C=O) groups is 1. The minimum atomic E-state index is 0.0372. The highest BCUT2D eigenvalue weighted by molar-refractivity contribution is 5.90. The molecule has 0 atom stereocenters. The first-order chi connectivity index (χ1) is 14.0. The van der Waals surface area contributed by atoms with Crippen molar-refractivity contribution in [2.24, 2.45) is 4.99 Å². The Balaban J connectivity index is 2.03. The molecule has 0 unspecified atom stereocenters. The highest BCUT2D eigenvalue weighted by Crippen LogP contribution is 2.19. The second-order valence-electron chi connectivity index (χ2n) is 6.86. The molecule has 0 aliphatic heterocycles. The maximum atomic E-state index is 11.8. The SMILES string of the molecule is CCCC(=O)Nc1cccc(CN=C(NCC)NCc2ccc(C)cc2OC)c1. The topological polar surface area (TPSA) is 74.8 Å². The van der Waals surface area contributed by atoms with Crippen LogP contribution in [0.5, 0.6) is 5.75 Å². The molecular weight excluding hydrogens is 364 g/mol. The summed E-state index contributed by atoms with van der Waals surface area (Å²) in [5.74, 6) is 1.63. The van der Waals surface area contributed by atoms with Crippen molar-refractivity contribution >= 4 is 17.6 Å². The highest BCUT2D eigenvalue weighted by Gasteiger charge is 2.05. The first kappa shape index (κ1) is 22.3. The lowest BCUT2D eigenvalue weighted by molar-refractivity contribution is -0.116. The maximum absolute atomic E-state index is 11.8. The second-order valence-corrected chi connectivity index (χ2v) is 6.86. The summed E-state index contributed by atoms with van der Waals surface area (Å²) in [7, 11) is 1.68. The fraction of sp³-hybridized carbons (Fsp3) is 0.391. The molecule has 6 heteroatoms. The summed E-state index contributed by atoms with van der Waals surface area (Å²) in [4.78, 5) is 16.5. The van der Waals surface area contributed by atoms with Gasteiger partial charge in [0.1, 0.15) is 5.75 Å². The van der Waals surface area contributed by atoms with Crippen LogP contribution in [0.25, 0.3) is 0 Å². The van der Waals surface area contributed by atoms with Crippen molar-refractivity contribution < 1.29 is 9.53 Å². The number of methoxy groups -OCH3 is 1. The van der Waals surface area contributed by atoms with Crippen LogP contribution >= 0.6 is 0 Å². The van der Waals surface area contributed by atoms with Gasteiger partial charge < -0.3 is 20.7 Å². The van der Waals surface area contributed by atoms with Crippen LogP contribution in [0.4, 0.5) is 5.69 Å². The van der Waals surface area contributed by atoms with E-state index in [0.29, 0.717) is 19.5 Å². The van der Waals surface area contributed by atoms with Crippen LogP contribution in [-0.4, -0.2) is 25.5 Å². The molecule has 0 aromatic heterocycles. The van der Waals surface area contributed by atoms with Gasteiger partial charge in [-0.25, -0.2) is 4.99 Å². The van der Waals surface area contributed by atoms with Crippen molar-refractivity contribution in [1.29, 1.82) is 0 Å². The van der Waals surface area contributed by atoms with Gasteiger partial charge in [0, 0.05) is 30.8 Å². The summed E-state index contributed by atoms with van der Waals surface area (Å²) in [5.41, 5.74) is 4.07. The molecule has 6 nitrogen and oxygen atoms in total. The van der Waals surface area contributed by atoms with Crippen molar-refractivity contribution in [1.82, 2.24) is 10.6 Å². The summed E-state index contributed by atoms with van der Waals surface area (Å²) in [6, 6.07) is 14.0. The Labute approximate surface area is 173 Å². The molecule has 2 aromatic rings. The van der Waals surface area contributed by atoms with Crippen LogP contribution in [0, 0.1) is 6.92 Å². The van der Waals surface area contributed by atoms with E-state index in [9.17, 15) is 4.79 Å². The third-order valence-electron chi connectivity index (χ3n) is 4.34. The van der Waals surface area contributed by atoms with Crippen molar-refractivity contribution in [2.75, 3.05) is 19.0 Å². The first-order valence-corrected chi connectivity index (χ1v) is 10.1. The molecule has 0 aliphatic carbocycles. The molecule has 2 aromatic carbocycles. The molecule has 0 saturated carbocycles. The van der Waals surface area contributed by atoms with E-state index in [1.807, 2.05) is 51.1 Å². The zero-order valence-electron chi connectivity index (χ0n) is 17.8. The van der Waals surface area contributed by atoms with Gasteiger partial charge in [-0.2, -0.15) is 0 Å².